The molecule has 0 spiro atoms. The van der Waals surface area contributed by atoms with E-state index in [0.717, 1.165) is 0 Å². The second-order valence-electron chi connectivity index (χ2n) is 2.03. The van der Waals surface area contributed by atoms with E-state index in [1.807, 2.05) is 0 Å². The van der Waals surface area contributed by atoms with Gasteiger partial charge in [-0.15, -0.1) is 0 Å². The number of hydrogen-bond donors (Lipinski definition) is 1. The van der Waals surface area contributed by atoms with Crippen LogP contribution in [0.2, 0.25) is 0 Å². The molecular formula is C7H7FN2O. The lowest BCUT2D eigenvalue weighted by molar-refractivity contribution is -0.114. The average Bonchev–Trinajstić information content (AvgIpc) is 1.85. The number of aromatic nitrogens is 1. The number of nitrogens with zero attached hydrogens (tertiary/aromatic N) is 1. The topological polar surface area (TPSA) is 42.0 Å². The second kappa shape index (κ2) is 3.09. The maximum absolute atomic E-state index is 12.4. The zero-order chi connectivity index (χ0) is 8.27. The average molecular weight is 154 g/mol. The SMILES string of the molecule is CC(=O)Nc1cccc(F)n1. The van der Waals surface area contributed by atoms with Gasteiger partial charge in [0.05, 0.1) is 0 Å². The molecule has 0 aliphatic carbocycles. The molecule has 0 aromatic carbocycles. The van der Waals surface area contributed by atoms with E-state index in [-0.39, 0.29) is 11.7 Å². The van der Waals surface area contributed by atoms with Crippen molar-refractivity contribution in [2.24, 2.45) is 0 Å². The van der Waals surface area contributed by atoms with Crippen molar-refractivity contribution in [3.63, 3.8) is 0 Å². The van der Waals surface area contributed by atoms with E-state index in [1.165, 1.54) is 25.1 Å². The molecule has 1 amide bonds. The van der Waals surface area contributed by atoms with Crippen molar-refractivity contribution in [1.29, 1.82) is 0 Å². The van der Waals surface area contributed by atoms with Crippen LogP contribution in [0.5, 0.6) is 0 Å². The molecule has 3 nitrogen and oxygen atoms in total. The summed E-state index contributed by atoms with van der Waals surface area (Å²) in [5.41, 5.74) is 0. The highest BCUT2D eigenvalue weighted by Crippen LogP contribution is 2.02. The summed E-state index contributed by atoms with van der Waals surface area (Å²) in [4.78, 5) is 13.9. The first-order valence-electron chi connectivity index (χ1n) is 3.08. The summed E-state index contributed by atoms with van der Waals surface area (Å²) in [6, 6.07) is 4.21. The van der Waals surface area contributed by atoms with Gasteiger partial charge in [-0.25, -0.2) is 4.98 Å². The highest BCUT2D eigenvalue weighted by atomic mass is 19.1. The largest absolute Gasteiger partial charge is 0.311 e. The Balaban J connectivity index is 2.79. The predicted molar refractivity (Wildman–Crippen MR) is 38.5 cm³/mol. The minimum atomic E-state index is -0.601. The molecule has 0 saturated carbocycles. The van der Waals surface area contributed by atoms with Crippen molar-refractivity contribution in [3.05, 3.63) is 24.1 Å². The molecule has 0 unspecified atom stereocenters. The number of carbonyl (C=O) groups excluding carboxylic acids is 1. The quantitative estimate of drug-likeness (QED) is 0.617. The molecule has 11 heavy (non-hydrogen) atoms. The summed E-state index contributed by atoms with van der Waals surface area (Å²) < 4.78 is 12.4. The third-order valence-electron chi connectivity index (χ3n) is 1.02. The summed E-state index contributed by atoms with van der Waals surface area (Å²) >= 11 is 0. The fourth-order valence-corrected chi connectivity index (χ4v) is 0.658. The zero-order valence-corrected chi connectivity index (χ0v) is 5.97. The first-order chi connectivity index (χ1) is 5.18. The Kier molecular flexibility index (Phi) is 2.15. The van der Waals surface area contributed by atoms with Crippen LogP contribution in [0.4, 0.5) is 10.2 Å². The van der Waals surface area contributed by atoms with Crippen LogP contribution >= 0.6 is 0 Å². The maximum Gasteiger partial charge on any atom is 0.222 e. The number of anilines is 1. The predicted octanol–water partition coefficient (Wildman–Crippen LogP) is 1.18. The van der Waals surface area contributed by atoms with E-state index in [4.69, 9.17) is 0 Å². The molecule has 0 bridgehead atoms. The van der Waals surface area contributed by atoms with Gasteiger partial charge in [0.25, 0.3) is 0 Å². The Morgan fingerprint density at radius 1 is 1.64 bits per heavy atom. The number of halogens is 1. The molecule has 58 valence electrons. The summed E-state index contributed by atoms with van der Waals surface area (Å²) in [6.07, 6.45) is 0. The minimum absolute atomic E-state index is 0.234. The van der Waals surface area contributed by atoms with Crippen LogP contribution in [0.1, 0.15) is 6.92 Å². The maximum atomic E-state index is 12.4. The third kappa shape index (κ3) is 2.33. The van der Waals surface area contributed by atoms with Gasteiger partial charge in [0, 0.05) is 6.92 Å². The first kappa shape index (κ1) is 7.65. The number of carbonyl (C=O) groups is 1. The van der Waals surface area contributed by atoms with Crippen molar-refractivity contribution in [2.75, 3.05) is 5.32 Å². The van der Waals surface area contributed by atoms with Gasteiger partial charge in [0.15, 0.2) is 0 Å². The van der Waals surface area contributed by atoms with E-state index in [2.05, 4.69) is 10.3 Å². The molecule has 1 N–H and O–H groups in total. The van der Waals surface area contributed by atoms with Crippen molar-refractivity contribution in [3.8, 4) is 0 Å². The number of pyridine rings is 1. The molecule has 0 fully saturated rings. The molecular weight excluding hydrogens is 147 g/mol. The fraction of sp³-hybridized carbons (Fsp3) is 0.143. The van der Waals surface area contributed by atoms with Gasteiger partial charge in [0.2, 0.25) is 11.9 Å². The number of amides is 1. The van der Waals surface area contributed by atoms with E-state index >= 15 is 0 Å². The van der Waals surface area contributed by atoms with Crippen LogP contribution in [0.15, 0.2) is 18.2 Å². The van der Waals surface area contributed by atoms with Crippen LogP contribution in [0.3, 0.4) is 0 Å². The van der Waals surface area contributed by atoms with E-state index in [0.29, 0.717) is 0 Å². The molecule has 0 atom stereocenters. The van der Waals surface area contributed by atoms with Crippen molar-refractivity contribution in [1.82, 2.24) is 4.98 Å². The second-order valence-corrected chi connectivity index (χ2v) is 2.03. The van der Waals surface area contributed by atoms with E-state index in [9.17, 15) is 9.18 Å². The van der Waals surface area contributed by atoms with Gasteiger partial charge in [-0.3, -0.25) is 4.79 Å². The van der Waals surface area contributed by atoms with Crippen LogP contribution < -0.4 is 5.32 Å². The van der Waals surface area contributed by atoms with E-state index < -0.39 is 5.95 Å². The van der Waals surface area contributed by atoms with Crippen LogP contribution in [-0.4, -0.2) is 10.9 Å². The lowest BCUT2D eigenvalue weighted by Gasteiger charge is -1.98. The Morgan fingerprint density at radius 2 is 2.36 bits per heavy atom. The van der Waals surface area contributed by atoms with Gasteiger partial charge in [-0.1, -0.05) is 6.07 Å². The highest BCUT2D eigenvalue weighted by Gasteiger charge is 1.96. The van der Waals surface area contributed by atoms with Gasteiger partial charge >= 0.3 is 0 Å². The zero-order valence-electron chi connectivity index (χ0n) is 5.97. The van der Waals surface area contributed by atoms with E-state index in [1.54, 1.807) is 0 Å². The van der Waals surface area contributed by atoms with Gasteiger partial charge in [-0.2, -0.15) is 4.39 Å². The Hall–Kier alpha value is -1.45. The molecule has 1 rings (SSSR count). The first-order valence-corrected chi connectivity index (χ1v) is 3.08. The lowest BCUT2D eigenvalue weighted by Crippen LogP contribution is -2.07. The number of rotatable bonds is 1. The number of hydrogen-bond acceptors (Lipinski definition) is 2. The molecule has 0 aliphatic heterocycles. The number of nitrogens with one attached hydrogen (secondary N) is 1. The summed E-state index contributed by atoms with van der Waals surface area (Å²) in [6.45, 7) is 1.34. The minimum Gasteiger partial charge on any atom is -0.311 e. The highest BCUT2D eigenvalue weighted by molar-refractivity contribution is 5.87. The Morgan fingerprint density at radius 3 is 2.91 bits per heavy atom. The Bertz CT molecular complexity index is 275. The fourth-order valence-electron chi connectivity index (χ4n) is 0.658. The monoisotopic (exact) mass is 154 g/mol. The molecule has 0 aliphatic rings. The summed E-state index contributed by atoms with van der Waals surface area (Å²) in [5, 5.41) is 2.36. The van der Waals surface area contributed by atoms with Gasteiger partial charge in [-0.05, 0) is 12.1 Å². The standard InChI is InChI=1S/C7H7FN2O/c1-5(11)9-7-4-2-3-6(8)10-7/h2-4H,1H3,(H,9,10,11). The van der Waals surface area contributed by atoms with Crippen LogP contribution in [-0.2, 0) is 4.79 Å². The molecule has 1 aromatic heterocycles. The van der Waals surface area contributed by atoms with Crippen LogP contribution in [0.25, 0.3) is 0 Å². The molecule has 1 heterocycles. The smallest absolute Gasteiger partial charge is 0.222 e. The van der Waals surface area contributed by atoms with Crippen molar-refractivity contribution >= 4 is 11.7 Å². The lowest BCUT2D eigenvalue weighted by atomic mass is 10.4. The molecule has 4 heteroatoms. The molecule has 0 saturated heterocycles. The summed E-state index contributed by atoms with van der Waals surface area (Å²) in [7, 11) is 0. The van der Waals surface area contributed by atoms with Crippen LogP contribution in [0, 0.1) is 5.95 Å². The molecule has 1 aromatic rings. The molecule has 0 radical (unpaired) electrons. The van der Waals surface area contributed by atoms with Crippen molar-refractivity contribution in [2.45, 2.75) is 6.92 Å². The van der Waals surface area contributed by atoms with Gasteiger partial charge < -0.3 is 5.32 Å². The normalized spacial score (nSPS) is 9.27. The Labute approximate surface area is 63.3 Å². The summed E-state index contributed by atoms with van der Waals surface area (Å²) in [5.74, 6) is -0.628. The third-order valence-corrected chi connectivity index (χ3v) is 1.02. The van der Waals surface area contributed by atoms with Gasteiger partial charge in [0.1, 0.15) is 5.82 Å². The van der Waals surface area contributed by atoms with Crippen molar-refractivity contribution < 1.29 is 9.18 Å².